The summed E-state index contributed by atoms with van der Waals surface area (Å²) in [6, 6.07) is 5.70. The molecule has 2 aliphatic rings. The monoisotopic (exact) mass is 421 g/mol. The number of urea groups is 1. The van der Waals surface area contributed by atoms with Crippen molar-refractivity contribution in [3.05, 3.63) is 29.8 Å². The fourth-order valence-electron chi connectivity index (χ4n) is 4.14. The third-order valence-corrected chi connectivity index (χ3v) is 7.08. The second kappa shape index (κ2) is 10.1. The number of carbonyl (C=O) groups is 2. The highest BCUT2D eigenvalue weighted by Gasteiger charge is 2.21. The van der Waals surface area contributed by atoms with Gasteiger partial charge < -0.3 is 10.6 Å². The van der Waals surface area contributed by atoms with Gasteiger partial charge in [0.2, 0.25) is 5.91 Å². The lowest BCUT2D eigenvalue weighted by Gasteiger charge is -2.23. The maximum absolute atomic E-state index is 12.4. The highest BCUT2D eigenvalue weighted by Crippen LogP contribution is 2.18. The molecule has 0 spiro atoms. The van der Waals surface area contributed by atoms with E-state index in [1.807, 2.05) is 0 Å². The number of hydrogen-bond donors (Lipinski definition) is 3. The Morgan fingerprint density at radius 2 is 1.31 bits per heavy atom. The quantitative estimate of drug-likeness (QED) is 0.657. The van der Waals surface area contributed by atoms with Crippen LogP contribution in [0.2, 0.25) is 0 Å². The Labute approximate surface area is 173 Å². The molecule has 29 heavy (non-hydrogen) atoms. The van der Waals surface area contributed by atoms with E-state index in [0.717, 1.165) is 63.4 Å². The normalized spacial score (nSPS) is 18.8. The van der Waals surface area contributed by atoms with Gasteiger partial charge in [-0.3, -0.25) is 4.79 Å². The number of amides is 3. The van der Waals surface area contributed by atoms with E-state index in [1.54, 1.807) is 12.1 Å². The second-order valence-electron chi connectivity index (χ2n) is 8.14. The number of rotatable bonds is 6. The molecule has 1 aromatic rings. The SMILES string of the molecule is O=C(Cc1ccc(S(=O)(=O)NC(=O)NC2CCCCC2)cc1)NC1CCCCC1. The van der Waals surface area contributed by atoms with Gasteiger partial charge in [-0.1, -0.05) is 50.7 Å². The topological polar surface area (TPSA) is 104 Å². The Balaban J connectivity index is 1.51. The van der Waals surface area contributed by atoms with Gasteiger partial charge in [-0.2, -0.15) is 0 Å². The zero-order chi connectivity index (χ0) is 20.7. The number of carbonyl (C=O) groups excluding carboxylic acids is 2. The molecule has 0 atom stereocenters. The summed E-state index contributed by atoms with van der Waals surface area (Å²) in [6.45, 7) is 0. The molecule has 0 aromatic heterocycles. The summed E-state index contributed by atoms with van der Waals surface area (Å²) in [6.07, 6.45) is 10.8. The van der Waals surface area contributed by atoms with E-state index in [1.165, 1.54) is 18.6 Å². The van der Waals surface area contributed by atoms with E-state index in [9.17, 15) is 18.0 Å². The number of hydrogen-bond acceptors (Lipinski definition) is 4. The van der Waals surface area contributed by atoms with Crippen molar-refractivity contribution in [3.8, 4) is 0 Å². The van der Waals surface area contributed by atoms with Crippen LogP contribution in [0.25, 0.3) is 0 Å². The largest absolute Gasteiger partial charge is 0.353 e. The number of nitrogens with one attached hydrogen (secondary N) is 3. The molecule has 0 radical (unpaired) electrons. The van der Waals surface area contributed by atoms with E-state index < -0.39 is 16.1 Å². The number of benzene rings is 1. The molecular formula is C21H31N3O4S. The minimum absolute atomic E-state index is 0.00716. The minimum Gasteiger partial charge on any atom is -0.353 e. The summed E-state index contributed by atoms with van der Waals surface area (Å²) in [5, 5.41) is 5.79. The Kier molecular flexibility index (Phi) is 7.52. The lowest BCUT2D eigenvalue weighted by atomic mass is 9.95. The molecule has 0 unspecified atom stereocenters. The molecule has 0 heterocycles. The van der Waals surface area contributed by atoms with Crippen molar-refractivity contribution in [2.75, 3.05) is 0 Å². The van der Waals surface area contributed by atoms with Crippen molar-refractivity contribution >= 4 is 22.0 Å². The highest BCUT2D eigenvalue weighted by atomic mass is 32.2. The Bertz CT molecular complexity index is 796. The first kappa shape index (κ1) is 21.6. The average Bonchev–Trinajstić information content (AvgIpc) is 2.69. The summed E-state index contributed by atoms with van der Waals surface area (Å²) in [4.78, 5) is 24.3. The first-order valence-electron chi connectivity index (χ1n) is 10.6. The van der Waals surface area contributed by atoms with Gasteiger partial charge in [-0.05, 0) is 43.4 Å². The summed E-state index contributed by atoms with van der Waals surface area (Å²) in [5.74, 6) is -0.0440. The zero-order valence-electron chi connectivity index (χ0n) is 16.8. The molecule has 3 N–H and O–H groups in total. The molecule has 7 nitrogen and oxygen atoms in total. The van der Waals surface area contributed by atoms with Gasteiger partial charge in [0.25, 0.3) is 10.0 Å². The minimum atomic E-state index is -3.94. The van der Waals surface area contributed by atoms with Crippen LogP contribution in [0.3, 0.4) is 0 Å². The maximum atomic E-state index is 12.4. The Hall–Kier alpha value is -2.09. The average molecular weight is 422 g/mol. The molecule has 0 saturated heterocycles. The number of sulfonamides is 1. The molecular weight excluding hydrogens is 390 g/mol. The molecule has 2 saturated carbocycles. The molecule has 8 heteroatoms. The predicted molar refractivity (Wildman–Crippen MR) is 111 cm³/mol. The van der Waals surface area contributed by atoms with Gasteiger partial charge >= 0.3 is 6.03 Å². The second-order valence-corrected chi connectivity index (χ2v) is 9.82. The zero-order valence-corrected chi connectivity index (χ0v) is 17.6. The van der Waals surface area contributed by atoms with Crippen LogP contribution in [0.15, 0.2) is 29.2 Å². The van der Waals surface area contributed by atoms with Crippen molar-refractivity contribution in [2.45, 2.75) is 87.6 Å². The fourth-order valence-corrected chi connectivity index (χ4v) is 5.06. The lowest BCUT2D eigenvalue weighted by molar-refractivity contribution is -0.121. The van der Waals surface area contributed by atoms with Crippen LogP contribution in [-0.2, 0) is 21.2 Å². The van der Waals surface area contributed by atoms with Gasteiger partial charge in [0.15, 0.2) is 0 Å². The highest BCUT2D eigenvalue weighted by molar-refractivity contribution is 7.90. The summed E-state index contributed by atoms with van der Waals surface area (Å²) < 4.78 is 26.9. The third kappa shape index (κ3) is 6.73. The molecule has 3 rings (SSSR count). The van der Waals surface area contributed by atoms with Crippen LogP contribution < -0.4 is 15.4 Å². The van der Waals surface area contributed by atoms with Crippen LogP contribution in [-0.4, -0.2) is 32.4 Å². The van der Waals surface area contributed by atoms with E-state index >= 15 is 0 Å². The summed E-state index contributed by atoms with van der Waals surface area (Å²) in [7, 11) is -3.94. The molecule has 0 bridgehead atoms. The molecule has 0 aliphatic heterocycles. The predicted octanol–water partition coefficient (Wildman–Crippen LogP) is 3.00. The van der Waals surface area contributed by atoms with Gasteiger partial charge in [0, 0.05) is 12.1 Å². The molecule has 2 fully saturated rings. The van der Waals surface area contributed by atoms with Gasteiger partial charge in [0.1, 0.15) is 0 Å². The molecule has 3 amide bonds. The van der Waals surface area contributed by atoms with Gasteiger partial charge in [-0.25, -0.2) is 17.9 Å². The van der Waals surface area contributed by atoms with E-state index in [-0.39, 0.29) is 29.3 Å². The first-order valence-corrected chi connectivity index (χ1v) is 12.1. The smallest absolute Gasteiger partial charge is 0.328 e. The maximum Gasteiger partial charge on any atom is 0.328 e. The Morgan fingerprint density at radius 1 is 0.793 bits per heavy atom. The Morgan fingerprint density at radius 3 is 1.86 bits per heavy atom. The summed E-state index contributed by atoms with van der Waals surface area (Å²) >= 11 is 0. The van der Waals surface area contributed by atoms with E-state index in [2.05, 4.69) is 15.4 Å². The van der Waals surface area contributed by atoms with Crippen LogP contribution >= 0.6 is 0 Å². The van der Waals surface area contributed by atoms with Gasteiger partial charge in [0.05, 0.1) is 11.3 Å². The third-order valence-electron chi connectivity index (χ3n) is 5.74. The standard InChI is InChI=1S/C21H31N3O4S/c25-20(22-17-7-3-1-4-8-17)15-16-11-13-19(14-12-16)29(27,28)24-21(26)23-18-9-5-2-6-10-18/h11-14,17-18H,1-10,15H2,(H,22,25)(H2,23,24,26). The molecule has 160 valence electrons. The van der Waals surface area contributed by atoms with Crippen molar-refractivity contribution in [2.24, 2.45) is 0 Å². The molecule has 1 aromatic carbocycles. The van der Waals surface area contributed by atoms with Crippen molar-refractivity contribution in [1.29, 1.82) is 0 Å². The van der Waals surface area contributed by atoms with Crippen molar-refractivity contribution in [1.82, 2.24) is 15.4 Å². The van der Waals surface area contributed by atoms with Crippen molar-refractivity contribution < 1.29 is 18.0 Å². The van der Waals surface area contributed by atoms with Crippen LogP contribution in [0.1, 0.15) is 69.8 Å². The van der Waals surface area contributed by atoms with Crippen LogP contribution in [0.5, 0.6) is 0 Å². The summed E-state index contributed by atoms with van der Waals surface area (Å²) in [5.41, 5.74) is 0.740. The van der Waals surface area contributed by atoms with E-state index in [0.29, 0.717) is 0 Å². The van der Waals surface area contributed by atoms with E-state index in [4.69, 9.17) is 0 Å². The first-order chi connectivity index (χ1) is 13.9. The molecule has 2 aliphatic carbocycles. The van der Waals surface area contributed by atoms with Crippen LogP contribution in [0.4, 0.5) is 4.79 Å². The fraction of sp³-hybridized carbons (Fsp3) is 0.619. The lowest BCUT2D eigenvalue weighted by Crippen LogP contribution is -2.45. The van der Waals surface area contributed by atoms with Crippen molar-refractivity contribution in [3.63, 3.8) is 0 Å². The van der Waals surface area contributed by atoms with Gasteiger partial charge in [-0.15, -0.1) is 0 Å². The van der Waals surface area contributed by atoms with Crippen LogP contribution in [0, 0.1) is 0 Å².